The second-order valence-electron chi connectivity index (χ2n) is 6.40. The number of hydrogen-bond donors (Lipinski definition) is 0. The number of hydrogen-bond acceptors (Lipinski definition) is 2. The van der Waals surface area contributed by atoms with Crippen molar-refractivity contribution in [3.05, 3.63) is 109 Å². The van der Waals surface area contributed by atoms with Gasteiger partial charge in [0.1, 0.15) is 0 Å². The van der Waals surface area contributed by atoms with Crippen LogP contribution in [-0.4, -0.2) is 0 Å². The molecule has 0 amide bonds. The number of fused-ring (bicyclic) bond motifs is 2. The second kappa shape index (κ2) is 13.6. The van der Waals surface area contributed by atoms with Gasteiger partial charge >= 0.3 is 21.1 Å². The van der Waals surface area contributed by atoms with E-state index in [0.29, 0.717) is 0 Å². The number of benzene rings is 2. The Balaban J connectivity index is 0.000000154. The molecule has 2 nitrogen and oxygen atoms in total. The van der Waals surface area contributed by atoms with Crippen molar-refractivity contribution in [2.75, 3.05) is 0 Å². The molecule has 0 radical (unpaired) electrons. The van der Waals surface area contributed by atoms with Crippen LogP contribution in [0.15, 0.2) is 85.0 Å². The molecule has 0 unspecified atom stereocenters. The molecule has 1 aliphatic carbocycles. The molecule has 2 heterocycles. The molecule has 5 rings (SSSR count). The van der Waals surface area contributed by atoms with Gasteiger partial charge in [-0.25, -0.2) is 0 Å². The standard InChI is InChI=1S/2C9H7O.C8H12.Pt/c2*1-2-6-9-8(4-1)5-3-7-10-9;1-2-4-6-8-7-5-3-1;/h2*1-7H;1-2,7-8H,3-6H2;/q2*-1;;+2. The van der Waals surface area contributed by atoms with Crippen molar-refractivity contribution in [1.82, 2.24) is 0 Å². The van der Waals surface area contributed by atoms with E-state index in [0.717, 1.165) is 22.6 Å². The fraction of sp³-hybridized carbons (Fsp3) is 0.154. The minimum Gasteiger partial charge on any atom is -0.554 e. The zero-order valence-electron chi connectivity index (χ0n) is 16.4. The number of ether oxygens (including phenoxy) is 2. The average molecular weight is 566 g/mol. The van der Waals surface area contributed by atoms with Crippen molar-refractivity contribution >= 4 is 12.2 Å². The fourth-order valence-corrected chi connectivity index (χ4v) is 2.82. The summed E-state index contributed by atoms with van der Waals surface area (Å²) in [5.41, 5.74) is 2.29. The van der Waals surface area contributed by atoms with E-state index >= 15 is 0 Å². The molecule has 2 aromatic rings. The monoisotopic (exact) mass is 565 g/mol. The quantitative estimate of drug-likeness (QED) is 0.249. The number of allylic oxidation sites excluding steroid dienone is 4. The van der Waals surface area contributed by atoms with Crippen molar-refractivity contribution in [3.63, 3.8) is 0 Å². The van der Waals surface area contributed by atoms with E-state index in [2.05, 4.69) is 24.3 Å². The van der Waals surface area contributed by atoms with Gasteiger partial charge in [-0.2, -0.15) is 24.3 Å². The molecule has 0 spiro atoms. The van der Waals surface area contributed by atoms with Crippen LogP contribution < -0.4 is 9.47 Å². The molecular weight excluding hydrogens is 539 g/mol. The molecule has 3 aliphatic rings. The van der Waals surface area contributed by atoms with E-state index in [4.69, 9.17) is 9.47 Å². The minimum atomic E-state index is 0. The van der Waals surface area contributed by atoms with Crippen molar-refractivity contribution in [3.8, 4) is 11.5 Å². The van der Waals surface area contributed by atoms with E-state index in [1.54, 1.807) is 13.2 Å². The molecule has 2 aromatic carbocycles. The van der Waals surface area contributed by atoms with Crippen molar-refractivity contribution in [2.45, 2.75) is 25.7 Å². The Hall–Kier alpha value is -2.57. The summed E-state index contributed by atoms with van der Waals surface area (Å²) in [7, 11) is 0. The smallest absolute Gasteiger partial charge is 0.554 e. The van der Waals surface area contributed by atoms with Gasteiger partial charge in [0.25, 0.3) is 0 Å². The minimum absolute atomic E-state index is 0. The van der Waals surface area contributed by atoms with Crippen LogP contribution in [0.1, 0.15) is 36.8 Å². The Morgan fingerprint density at radius 1 is 0.552 bits per heavy atom. The first-order chi connectivity index (χ1) is 13.9. The third kappa shape index (κ3) is 8.13. The largest absolute Gasteiger partial charge is 2.00 e. The maximum atomic E-state index is 5.21. The molecule has 152 valence electrons. The maximum Gasteiger partial charge on any atom is 2.00 e. The van der Waals surface area contributed by atoms with Gasteiger partial charge in [0.2, 0.25) is 0 Å². The first kappa shape index (κ1) is 22.7. The van der Waals surface area contributed by atoms with Crippen LogP contribution in [0.25, 0.3) is 12.2 Å². The zero-order chi connectivity index (χ0) is 19.3. The summed E-state index contributed by atoms with van der Waals surface area (Å²) in [4.78, 5) is 0. The maximum absolute atomic E-state index is 5.21. The van der Waals surface area contributed by atoms with Gasteiger partial charge in [-0.3, -0.25) is 0 Å². The zero-order valence-corrected chi connectivity index (χ0v) is 18.6. The summed E-state index contributed by atoms with van der Waals surface area (Å²) in [5, 5.41) is 0. The Labute approximate surface area is 188 Å². The van der Waals surface area contributed by atoms with Crippen molar-refractivity contribution in [2.24, 2.45) is 0 Å². The number of para-hydroxylation sites is 2. The normalized spacial score (nSPS) is 14.6. The van der Waals surface area contributed by atoms with Gasteiger partial charge in [0, 0.05) is 0 Å². The Morgan fingerprint density at radius 2 is 0.931 bits per heavy atom. The summed E-state index contributed by atoms with van der Waals surface area (Å²) in [6.07, 6.45) is 21.8. The van der Waals surface area contributed by atoms with E-state index in [1.807, 2.05) is 72.8 Å². The molecule has 0 N–H and O–H groups in total. The molecule has 0 fully saturated rings. The van der Waals surface area contributed by atoms with Crippen molar-refractivity contribution in [1.29, 1.82) is 0 Å². The summed E-state index contributed by atoms with van der Waals surface area (Å²) in [5.74, 6) is 1.87. The summed E-state index contributed by atoms with van der Waals surface area (Å²) < 4.78 is 10.4. The molecule has 3 heteroatoms. The van der Waals surface area contributed by atoms with E-state index in [9.17, 15) is 0 Å². The SMILES string of the molecule is C1=CCCC=CCC1.C1=Cc2ccccc2O[CH-]1.C1=Cc2ccccc2O[CH-]1.[Pt+2]. The Kier molecular flexibility index (Phi) is 10.6. The fourth-order valence-electron chi connectivity index (χ4n) is 2.82. The molecule has 0 atom stereocenters. The Bertz CT molecular complexity index is 766. The van der Waals surface area contributed by atoms with Gasteiger partial charge in [-0.1, -0.05) is 85.0 Å². The topological polar surface area (TPSA) is 18.5 Å². The molecule has 29 heavy (non-hydrogen) atoms. The first-order valence-corrected chi connectivity index (χ1v) is 9.74. The first-order valence-electron chi connectivity index (χ1n) is 9.74. The summed E-state index contributed by atoms with van der Waals surface area (Å²) in [6.45, 7) is 3.37. The molecule has 0 saturated carbocycles. The van der Waals surface area contributed by atoms with Crippen LogP contribution in [0.4, 0.5) is 0 Å². The third-order valence-electron chi connectivity index (χ3n) is 4.27. The van der Waals surface area contributed by atoms with Crippen LogP contribution in [0.3, 0.4) is 0 Å². The molecular formula is C26H26O2Pt. The van der Waals surface area contributed by atoms with E-state index in [-0.39, 0.29) is 21.1 Å². The molecule has 2 aliphatic heterocycles. The third-order valence-corrected chi connectivity index (χ3v) is 4.27. The van der Waals surface area contributed by atoms with Crippen LogP contribution in [0.5, 0.6) is 11.5 Å². The van der Waals surface area contributed by atoms with E-state index < -0.39 is 0 Å². The van der Waals surface area contributed by atoms with Gasteiger partial charge < -0.3 is 9.47 Å². The molecule has 0 aromatic heterocycles. The van der Waals surface area contributed by atoms with Gasteiger partial charge in [0.05, 0.1) is 11.5 Å². The van der Waals surface area contributed by atoms with Crippen molar-refractivity contribution < 1.29 is 30.5 Å². The van der Waals surface area contributed by atoms with Gasteiger partial charge in [-0.15, -0.1) is 0 Å². The molecule has 0 bridgehead atoms. The van der Waals surface area contributed by atoms with Crippen LogP contribution in [0.2, 0.25) is 0 Å². The molecule has 0 saturated heterocycles. The van der Waals surface area contributed by atoms with Crippen LogP contribution in [-0.2, 0) is 21.1 Å². The average Bonchev–Trinajstić information content (AvgIpc) is 2.74. The van der Waals surface area contributed by atoms with Crippen LogP contribution in [0, 0.1) is 13.2 Å². The second-order valence-corrected chi connectivity index (χ2v) is 6.40. The Morgan fingerprint density at radius 3 is 1.31 bits per heavy atom. The predicted molar refractivity (Wildman–Crippen MR) is 118 cm³/mol. The summed E-state index contributed by atoms with van der Waals surface area (Å²) in [6, 6.07) is 15.9. The van der Waals surface area contributed by atoms with E-state index in [1.165, 1.54) is 25.7 Å². The predicted octanol–water partition coefficient (Wildman–Crippen LogP) is 7.18. The van der Waals surface area contributed by atoms with Gasteiger partial charge in [0.15, 0.2) is 0 Å². The number of rotatable bonds is 0. The van der Waals surface area contributed by atoms with Crippen LogP contribution >= 0.6 is 0 Å². The van der Waals surface area contributed by atoms with Gasteiger partial charge in [-0.05, 0) is 37.8 Å². The summed E-state index contributed by atoms with van der Waals surface area (Å²) >= 11 is 0.